The molecule has 0 saturated heterocycles. The van der Waals surface area contributed by atoms with Crippen LogP contribution in [-0.4, -0.2) is 7.11 Å². The van der Waals surface area contributed by atoms with Crippen molar-refractivity contribution in [3.63, 3.8) is 0 Å². The fourth-order valence-corrected chi connectivity index (χ4v) is 3.51. The third-order valence-electron chi connectivity index (χ3n) is 5.03. The van der Waals surface area contributed by atoms with Crippen LogP contribution < -0.4 is 15.1 Å². The highest BCUT2D eigenvalue weighted by Gasteiger charge is 2.15. The first-order valence-electron chi connectivity index (χ1n) is 9.63. The molecule has 0 spiro atoms. The Labute approximate surface area is 176 Å². The lowest BCUT2D eigenvalue weighted by molar-refractivity contribution is 0.306. The van der Waals surface area contributed by atoms with E-state index in [-0.39, 0.29) is 12.4 Å². The summed E-state index contributed by atoms with van der Waals surface area (Å²) < 4.78 is 35.7. The Kier molecular flexibility index (Phi) is 4.67. The Morgan fingerprint density at radius 3 is 2.58 bits per heavy atom. The monoisotopic (exact) mass is 416 g/mol. The number of para-hydroxylation sites is 1. The lowest BCUT2D eigenvalue weighted by Crippen LogP contribution is -1.99. The predicted octanol–water partition coefficient (Wildman–Crippen LogP) is 5.93. The molecule has 5 nitrogen and oxygen atoms in total. The summed E-state index contributed by atoms with van der Waals surface area (Å²) in [5.41, 5.74) is 1.98. The van der Waals surface area contributed by atoms with Gasteiger partial charge in [-0.1, -0.05) is 24.3 Å². The summed E-state index contributed by atoms with van der Waals surface area (Å²) in [4.78, 5) is 12.1. The number of benzene rings is 3. The van der Waals surface area contributed by atoms with Gasteiger partial charge in [0, 0.05) is 22.4 Å². The van der Waals surface area contributed by atoms with E-state index < -0.39 is 5.63 Å². The number of rotatable bonds is 5. The second-order valence-electron chi connectivity index (χ2n) is 7.04. The van der Waals surface area contributed by atoms with Crippen molar-refractivity contribution in [3.05, 3.63) is 94.6 Å². The van der Waals surface area contributed by atoms with E-state index in [9.17, 15) is 9.18 Å². The number of ether oxygens (including phenoxy) is 2. The lowest BCUT2D eigenvalue weighted by atomic mass is 10.1. The molecule has 0 N–H and O–H groups in total. The molecule has 0 fully saturated rings. The maximum Gasteiger partial charge on any atom is 0.336 e. The number of furan rings is 1. The second-order valence-corrected chi connectivity index (χ2v) is 7.04. The zero-order valence-corrected chi connectivity index (χ0v) is 16.6. The molecule has 31 heavy (non-hydrogen) atoms. The molecule has 5 aromatic rings. The highest BCUT2D eigenvalue weighted by atomic mass is 19.1. The van der Waals surface area contributed by atoms with Crippen molar-refractivity contribution in [1.82, 2.24) is 0 Å². The second kappa shape index (κ2) is 7.65. The van der Waals surface area contributed by atoms with E-state index in [1.54, 1.807) is 37.4 Å². The molecule has 0 saturated carbocycles. The number of halogens is 1. The Balaban J connectivity index is 1.57. The van der Waals surface area contributed by atoms with Gasteiger partial charge in [0.1, 0.15) is 29.5 Å². The van der Waals surface area contributed by atoms with Gasteiger partial charge >= 0.3 is 5.63 Å². The summed E-state index contributed by atoms with van der Waals surface area (Å²) in [5.74, 6) is 1.42. The van der Waals surface area contributed by atoms with Crippen LogP contribution in [0.4, 0.5) is 4.39 Å². The van der Waals surface area contributed by atoms with Crippen molar-refractivity contribution in [2.45, 2.75) is 6.61 Å². The van der Waals surface area contributed by atoms with E-state index >= 15 is 0 Å². The van der Waals surface area contributed by atoms with Gasteiger partial charge in [0.25, 0.3) is 0 Å². The average molecular weight is 416 g/mol. The molecule has 2 aromatic heterocycles. The molecule has 3 aromatic carbocycles. The van der Waals surface area contributed by atoms with Crippen molar-refractivity contribution in [2.75, 3.05) is 7.11 Å². The van der Waals surface area contributed by atoms with Crippen LogP contribution in [0.2, 0.25) is 0 Å². The van der Waals surface area contributed by atoms with Gasteiger partial charge < -0.3 is 18.3 Å². The fourth-order valence-electron chi connectivity index (χ4n) is 3.51. The quantitative estimate of drug-likeness (QED) is 0.332. The molecule has 0 atom stereocenters. The van der Waals surface area contributed by atoms with Crippen LogP contribution >= 0.6 is 0 Å². The SMILES string of the molecule is COc1cccc2cc(-c3cc(=O)oc4ccc(OCc5ccc(F)cc5)cc34)oc12. The molecule has 154 valence electrons. The standard InChI is InChI=1S/C25H17FO5/c1-28-22-4-2-3-16-11-23(31-25(16)22)20-13-24(27)30-21-10-9-18(12-19(20)21)29-14-15-5-7-17(26)8-6-15/h2-13H,14H2,1H3. The van der Waals surface area contributed by atoms with Crippen molar-refractivity contribution < 1.29 is 22.7 Å². The van der Waals surface area contributed by atoms with Gasteiger partial charge in [0.05, 0.1) is 7.11 Å². The number of hydrogen-bond acceptors (Lipinski definition) is 5. The van der Waals surface area contributed by atoms with Crippen molar-refractivity contribution >= 4 is 21.9 Å². The van der Waals surface area contributed by atoms with Crippen LogP contribution in [0.15, 0.2) is 86.4 Å². The molecule has 6 heteroatoms. The van der Waals surface area contributed by atoms with E-state index in [0.29, 0.717) is 39.4 Å². The first-order valence-corrected chi connectivity index (χ1v) is 9.63. The molecule has 0 aliphatic rings. The van der Waals surface area contributed by atoms with Crippen LogP contribution in [0, 0.1) is 5.82 Å². The van der Waals surface area contributed by atoms with Gasteiger partial charge in [0.2, 0.25) is 0 Å². The van der Waals surface area contributed by atoms with Gasteiger partial charge in [-0.2, -0.15) is 0 Å². The van der Waals surface area contributed by atoms with Crippen LogP contribution in [0.25, 0.3) is 33.3 Å². The molecular formula is C25H17FO5. The third kappa shape index (κ3) is 3.64. The molecule has 0 aliphatic carbocycles. The zero-order valence-electron chi connectivity index (χ0n) is 16.6. The smallest absolute Gasteiger partial charge is 0.336 e. The minimum Gasteiger partial charge on any atom is -0.493 e. The lowest BCUT2D eigenvalue weighted by Gasteiger charge is -2.09. The number of methoxy groups -OCH3 is 1. The van der Waals surface area contributed by atoms with Crippen molar-refractivity contribution in [1.29, 1.82) is 0 Å². The normalized spacial score (nSPS) is 11.2. The number of fused-ring (bicyclic) bond motifs is 2. The van der Waals surface area contributed by atoms with Crippen LogP contribution in [-0.2, 0) is 6.61 Å². The Morgan fingerprint density at radius 2 is 1.77 bits per heavy atom. The summed E-state index contributed by atoms with van der Waals surface area (Å²) in [7, 11) is 1.58. The fraction of sp³-hybridized carbons (Fsp3) is 0.0800. The predicted molar refractivity (Wildman–Crippen MR) is 115 cm³/mol. The van der Waals surface area contributed by atoms with E-state index in [4.69, 9.17) is 18.3 Å². The maximum absolute atomic E-state index is 13.1. The first-order chi connectivity index (χ1) is 15.1. The minimum atomic E-state index is -0.477. The maximum atomic E-state index is 13.1. The first kappa shape index (κ1) is 18.9. The third-order valence-corrected chi connectivity index (χ3v) is 5.03. The van der Waals surface area contributed by atoms with E-state index in [1.165, 1.54) is 18.2 Å². The molecule has 2 heterocycles. The highest BCUT2D eigenvalue weighted by molar-refractivity contribution is 5.96. The molecule has 0 bridgehead atoms. The topological polar surface area (TPSA) is 61.8 Å². The minimum absolute atomic E-state index is 0.278. The summed E-state index contributed by atoms with van der Waals surface area (Å²) in [6.07, 6.45) is 0. The van der Waals surface area contributed by atoms with Gasteiger partial charge in [-0.05, 0) is 48.0 Å². The molecular weight excluding hydrogens is 399 g/mol. The van der Waals surface area contributed by atoms with Crippen molar-refractivity contribution in [3.8, 4) is 22.8 Å². The van der Waals surface area contributed by atoms with Crippen LogP contribution in [0.1, 0.15) is 5.56 Å². The van der Waals surface area contributed by atoms with E-state index in [1.807, 2.05) is 24.3 Å². The average Bonchev–Trinajstić information content (AvgIpc) is 3.22. The van der Waals surface area contributed by atoms with Gasteiger partial charge in [0.15, 0.2) is 11.3 Å². The summed E-state index contributed by atoms with van der Waals surface area (Å²) in [6, 6.07) is 20.2. The van der Waals surface area contributed by atoms with E-state index in [0.717, 1.165) is 10.9 Å². The molecule has 0 aliphatic heterocycles. The Hall–Kier alpha value is -4.06. The van der Waals surface area contributed by atoms with Gasteiger partial charge in [-0.15, -0.1) is 0 Å². The van der Waals surface area contributed by atoms with Crippen molar-refractivity contribution in [2.24, 2.45) is 0 Å². The number of hydrogen-bond donors (Lipinski definition) is 0. The Bertz CT molecular complexity index is 1450. The van der Waals surface area contributed by atoms with Crippen LogP contribution in [0.3, 0.4) is 0 Å². The van der Waals surface area contributed by atoms with E-state index in [2.05, 4.69) is 0 Å². The van der Waals surface area contributed by atoms with Crippen LogP contribution in [0.5, 0.6) is 11.5 Å². The Morgan fingerprint density at radius 1 is 0.935 bits per heavy atom. The zero-order chi connectivity index (χ0) is 21.4. The van der Waals surface area contributed by atoms with Gasteiger partial charge in [-0.3, -0.25) is 0 Å². The molecule has 0 amide bonds. The molecule has 0 unspecified atom stereocenters. The largest absolute Gasteiger partial charge is 0.493 e. The molecule has 0 radical (unpaired) electrons. The molecule has 5 rings (SSSR count). The summed E-state index contributed by atoms with van der Waals surface area (Å²) in [5, 5.41) is 1.54. The summed E-state index contributed by atoms with van der Waals surface area (Å²) >= 11 is 0. The highest BCUT2D eigenvalue weighted by Crippen LogP contribution is 2.36. The van der Waals surface area contributed by atoms with Gasteiger partial charge in [-0.25, -0.2) is 9.18 Å². The summed E-state index contributed by atoms with van der Waals surface area (Å²) in [6.45, 7) is 0.278.